The SMILES string of the molecule is CN(C)c1cc(Cl)cc(-c2nnc(CC(=O)N3CCC(n4c(=O)[nH]c5ncccc54)CC3)o2)c1. The van der Waals surface area contributed by atoms with Crippen molar-refractivity contribution >= 4 is 34.4 Å². The molecule has 1 aromatic carbocycles. The van der Waals surface area contributed by atoms with Crippen molar-refractivity contribution in [2.45, 2.75) is 25.3 Å². The Kier molecular flexibility index (Phi) is 5.82. The number of H-pyrrole nitrogens is 1. The molecule has 176 valence electrons. The molecule has 1 fully saturated rings. The normalized spacial score (nSPS) is 14.6. The number of piperidine rings is 1. The van der Waals surface area contributed by atoms with Gasteiger partial charge in [0.05, 0.1) is 5.52 Å². The van der Waals surface area contributed by atoms with Crippen LogP contribution in [0.15, 0.2) is 45.7 Å². The Bertz CT molecular complexity index is 1400. The number of aromatic nitrogens is 5. The van der Waals surface area contributed by atoms with E-state index in [-0.39, 0.29) is 30.0 Å². The van der Waals surface area contributed by atoms with Gasteiger partial charge in [-0.2, -0.15) is 0 Å². The van der Waals surface area contributed by atoms with E-state index in [0.717, 1.165) is 11.2 Å². The highest BCUT2D eigenvalue weighted by atomic mass is 35.5. The number of imidazole rings is 1. The quantitative estimate of drug-likeness (QED) is 0.466. The third kappa shape index (κ3) is 4.28. The molecule has 10 nitrogen and oxygen atoms in total. The fourth-order valence-corrected chi connectivity index (χ4v) is 4.56. The van der Waals surface area contributed by atoms with Crippen LogP contribution in [0, 0.1) is 0 Å². The molecule has 4 heterocycles. The van der Waals surface area contributed by atoms with Gasteiger partial charge in [-0.1, -0.05) is 11.6 Å². The number of hydrogen-bond acceptors (Lipinski definition) is 7. The molecule has 0 bridgehead atoms. The first-order chi connectivity index (χ1) is 16.4. The highest BCUT2D eigenvalue weighted by molar-refractivity contribution is 6.31. The molecule has 1 aliphatic rings. The number of anilines is 1. The Morgan fingerprint density at radius 3 is 2.79 bits per heavy atom. The lowest BCUT2D eigenvalue weighted by molar-refractivity contribution is -0.132. The van der Waals surface area contributed by atoms with E-state index >= 15 is 0 Å². The largest absolute Gasteiger partial charge is 0.420 e. The Morgan fingerprint density at radius 2 is 2.03 bits per heavy atom. The average Bonchev–Trinajstić information content (AvgIpc) is 3.42. The summed E-state index contributed by atoms with van der Waals surface area (Å²) in [6.45, 7) is 1.09. The van der Waals surface area contributed by atoms with Crippen LogP contribution in [0.4, 0.5) is 5.69 Å². The van der Waals surface area contributed by atoms with Crippen molar-refractivity contribution in [3.8, 4) is 11.5 Å². The number of fused-ring (bicyclic) bond motifs is 1. The predicted octanol–water partition coefficient (Wildman–Crippen LogP) is 2.90. The van der Waals surface area contributed by atoms with Gasteiger partial charge in [-0.15, -0.1) is 10.2 Å². The lowest BCUT2D eigenvalue weighted by Crippen LogP contribution is -2.41. The molecular formula is C23H24ClN7O3. The lowest BCUT2D eigenvalue weighted by Gasteiger charge is -2.32. The van der Waals surface area contributed by atoms with Crippen LogP contribution >= 0.6 is 11.6 Å². The number of likely N-dealkylation sites (tertiary alicyclic amines) is 1. The van der Waals surface area contributed by atoms with Crippen LogP contribution in [0.3, 0.4) is 0 Å². The van der Waals surface area contributed by atoms with Crippen molar-refractivity contribution < 1.29 is 9.21 Å². The van der Waals surface area contributed by atoms with Crippen molar-refractivity contribution in [1.82, 2.24) is 29.6 Å². The Labute approximate surface area is 200 Å². The summed E-state index contributed by atoms with van der Waals surface area (Å²) < 4.78 is 7.51. The molecule has 0 spiro atoms. The van der Waals surface area contributed by atoms with Gasteiger partial charge in [0.2, 0.25) is 17.7 Å². The molecule has 1 saturated heterocycles. The van der Waals surface area contributed by atoms with Crippen molar-refractivity contribution in [3.63, 3.8) is 0 Å². The maximum atomic E-state index is 12.9. The second kappa shape index (κ2) is 8.94. The highest BCUT2D eigenvalue weighted by Gasteiger charge is 2.27. The van der Waals surface area contributed by atoms with E-state index in [2.05, 4.69) is 20.2 Å². The first-order valence-electron chi connectivity index (χ1n) is 11.0. The molecule has 0 saturated carbocycles. The Balaban J connectivity index is 1.24. The first-order valence-corrected chi connectivity index (χ1v) is 11.4. The summed E-state index contributed by atoms with van der Waals surface area (Å²) in [6, 6.07) is 9.20. The molecule has 0 radical (unpaired) electrons. The number of nitrogens with one attached hydrogen (secondary N) is 1. The average molecular weight is 482 g/mol. The first kappa shape index (κ1) is 22.1. The molecule has 11 heteroatoms. The van der Waals surface area contributed by atoms with Gasteiger partial charge in [-0.3, -0.25) is 14.3 Å². The van der Waals surface area contributed by atoms with Gasteiger partial charge in [-0.05, 0) is 43.2 Å². The van der Waals surface area contributed by atoms with Crippen LogP contribution in [0.2, 0.25) is 5.02 Å². The van der Waals surface area contributed by atoms with E-state index in [1.165, 1.54) is 0 Å². The van der Waals surface area contributed by atoms with Gasteiger partial charge < -0.3 is 14.2 Å². The minimum atomic E-state index is -0.171. The molecule has 1 amide bonds. The lowest BCUT2D eigenvalue weighted by atomic mass is 10.0. The van der Waals surface area contributed by atoms with E-state index in [1.807, 2.05) is 43.3 Å². The van der Waals surface area contributed by atoms with Gasteiger partial charge in [-0.25, -0.2) is 9.78 Å². The summed E-state index contributed by atoms with van der Waals surface area (Å²) in [5.41, 5.74) is 2.80. The third-order valence-corrected chi connectivity index (χ3v) is 6.31. The smallest absolute Gasteiger partial charge is 0.327 e. The molecule has 1 N–H and O–H groups in total. The molecule has 5 rings (SSSR count). The number of pyridine rings is 1. The molecule has 34 heavy (non-hydrogen) atoms. The van der Waals surface area contributed by atoms with Gasteiger partial charge in [0, 0.05) is 55.7 Å². The molecular weight excluding hydrogens is 458 g/mol. The molecule has 1 aliphatic heterocycles. The van der Waals surface area contributed by atoms with E-state index in [1.54, 1.807) is 21.7 Å². The van der Waals surface area contributed by atoms with E-state index in [0.29, 0.717) is 48.1 Å². The molecule has 0 unspecified atom stereocenters. The second-order valence-electron chi connectivity index (χ2n) is 8.55. The topological polar surface area (TPSA) is 113 Å². The number of amides is 1. The number of nitrogens with zero attached hydrogens (tertiary/aromatic N) is 6. The zero-order valence-corrected chi connectivity index (χ0v) is 19.6. The number of halogens is 1. The summed E-state index contributed by atoms with van der Waals surface area (Å²) in [7, 11) is 3.84. The third-order valence-electron chi connectivity index (χ3n) is 6.09. The van der Waals surface area contributed by atoms with Crippen LogP contribution < -0.4 is 10.6 Å². The number of rotatable bonds is 5. The van der Waals surface area contributed by atoms with Crippen LogP contribution in [-0.2, 0) is 11.2 Å². The number of carbonyl (C=O) groups is 1. The Morgan fingerprint density at radius 1 is 1.24 bits per heavy atom. The zero-order valence-electron chi connectivity index (χ0n) is 18.9. The number of aromatic amines is 1. The van der Waals surface area contributed by atoms with Gasteiger partial charge >= 0.3 is 5.69 Å². The zero-order chi connectivity index (χ0) is 23.8. The van der Waals surface area contributed by atoms with E-state index in [9.17, 15) is 9.59 Å². The number of hydrogen-bond donors (Lipinski definition) is 1. The molecule has 3 aromatic heterocycles. The van der Waals surface area contributed by atoms with Gasteiger partial charge in [0.25, 0.3) is 0 Å². The minimum Gasteiger partial charge on any atom is -0.420 e. The monoisotopic (exact) mass is 481 g/mol. The van der Waals surface area contributed by atoms with Crippen LogP contribution in [0.1, 0.15) is 24.8 Å². The minimum absolute atomic E-state index is 0.0122. The van der Waals surface area contributed by atoms with Gasteiger partial charge in [0.15, 0.2) is 5.65 Å². The molecule has 0 aliphatic carbocycles. The van der Waals surface area contributed by atoms with E-state index in [4.69, 9.17) is 16.0 Å². The Hall–Kier alpha value is -3.66. The standard InChI is InChI=1S/C23H24ClN7O3/c1-29(2)17-11-14(10-15(24)12-17)22-28-27-19(34-22)13-20(32)30-8-5-16(6-9-30)31-18-4-3-7-25-21(18)26-23(31)33/h3-4,7,10-12,16H,5-6,8-9,13H2,1-2H3,(H,25,26,33). The maximum Gasteiger partial charge on any atom is 0.327 e. The number of carbonyl (C=O) groups excluding carboxylic acids is 1. The van der Waals surface area contributed by atoms with Crippen LogP contribution in [0.25, 0.3) is 22.6 Å². The van der Waals surface area contributed by atoms with Gasteiger partial charge in [0.1, 0.15) is 6.42 Å². The second-order valence-corrected chi connectivity index (χ2v) is 8.99. The van der Waals surface area contributed by atoms with Crippen molar-refractivity contribution in [1.29, 1.82) is 0 Å². The summed E-state index contributed by atoms with van der Waals surface area (Å²) in [6.07, 6.45) is 3.03. The van der Waals surface area contributed by atoms with Crippen LogP contribution in [-0.4, -0.2) is 62.7 Å². The van der Waals surface area contributed by atoms with Crippen molar-refractivity contribution in [2.24, 2.45) is 0 Å². The highest BCUT2D eigenvalue weighted by Crippen LogP contribution is 2.28. The van der Waals surface area contributed by atoms with Crippen LogP contribution in [0.5, 0.6) is 0 Å². The van der Waals surface area contributed by atoms with Crippen molar-refractivity contribution in [3.05, 3.63) is 57.9 Å². The number of benzene rings is 1. The van der Waals surface area contributed by atoms with Crippen molar-refractivity contribution in [2.75, 3.05) is 32.1 Å². The summed E-state index contributed by atoms with van der Waals surface area (Å²) in [5.74, 6) is 0.494. The molecule has 0 atom stereocenters. The summed E-state index contributed by atoms with van der Waals surface area (Å²) >= 11 is 6.22. The summed E-state index contributed by atoms with van der Waals surface area (Å²) in [4.78, 5) is 36.0. The summed E-state index contributed by atoms with van der Waals surface area (Å²) in [5, 5.41) is 8.71. The predicted molar refractivity (Wildman–Crippen MR) is 128 cm³/mol. The molecule has 4 aromatic rings. The fourth-order valence-electron chi connectivity index (χ4n) is 4.33. The maximum absolute atomic E-state index is 12.9. The fraction of sp³-hybridized carbons (Fsp3) is 0.348. The van der Waals surface area contributed by atoms with E-state index < -0.39 is 0 Å².